The van der Waals surface area contributed by atoms with Crippen molar-refractivity contribution in [1.82, 2.24) is 0 Å². The molecule has 4 saturated carbocycles. The van der Waals surface area contributed by atoms with E-state index in [1.54, 1.807) is 0 Å². The molecule has 0 aromatic heterocycles. The Kier molecular flexibility index (Phi) is 3.17. The molecule has 0 spiro atoms. The van der Waals surface area contributed by atoms with Gasteiger partial charge in [-0.3, -0.25) is 4.55 Å². The summed E-state index contributed by atoms with van der Waals surface area (Å²) in [7, 11) is -5.30. The Bertz CT molecular complexity index is 449. The van der Waals surface area contributed by atoms with Crippen molar-refractivity contribution in [3.05, 3.63) is 0 Å². The van der Waals surface area contributed by atoms with Crippen LogP contribution >= 0.6 is 0 Å². The summed E-state index contributed by atoms with van der Waals surface area (Å²) in [5.41, 5.74) is 0. The van der Waals surface area contributed by atoms with E-state index in [-0.39, 0.29) is 12.3 Å². The zero-order valence-corrected chi connectivity index (χ0v) is 11.6. The van der Waals surface area contributed by atoms with Crippen molar-refractivity contribution in [3.8, 4) is 0 Å². The van der Waals surface area contributed by atoms with Gasteiger partial charge in [-0.25, -0.2) is 0 Å². The first-order valence-electron chi connectivity index (χ1n) is 7.12. The number of hydrogen-bond donors (Lipinski definition) is 1. The number of halogens is 2. The van der Waals surface area contributed by atoms with Crippen molar-refractivity contribution in [2.75, 3.05) is 0 Å². The van der Waals surface area contributed by atoms with E-state index in [9.17, 15) is 17.2 Å². The quantitative estimate of drug-likeness (QED) is 0.795. The summed E-state index contributed by atoms with van der Waals surface area (Å²) in [5.74, 6) is 0.00696. The summed E-state index contributed by atoms with van der Waals surface area (Å²) >= 11 is 0. The second-order valence-corrected chi connectivity index (χ2v) is 8.25. The molecular formula is C13H20F2O3S. The highest BCUT2D eigenvalue weighted by Gasteiger charge is 2.56. The Morgan fingerprint density at radius 3 is 1.95 bits per heavy atom. The molecule has 19 heavy (non-hydrogen) atoms. The van der Waals surface area contributed by atoms with Gasteiger partial charge in [0.1, 0.15) is 0 Å². The smallest absolute Gasteiger partial charge is 0.281 e. The Labute approximate surface area is 112 Å². The Hall–Kier alpha value is -0.230. The van der Waals surface area contributed by atoms with Crippen LogP contribution in [0.4, 0.5) is 8.78 Å². The second-order valence-electron chi connectivity index (χ2n) is 6.76. The zero-order chi connectivity index (χ0) is 13.8. The first-order chi connectivity index (χ1) is 8.77. The van der Waals surface area contributed by atoms with Crippen molar-refractivity contribution in [3.63, 3.8) is 0 Å². The van der Waals surface area contributed by atoms with Crippen LogP contribution in [-0.4, -0.2) is 18.2 Å². The van der Waals surface area contributed by atoms with Gasteiger partial charge in [-0.15, -0.1) is 0 Å². The Morgan fingerprint density at radius 2 is 1.42 bits per heavy atom. The minimum absolute atomic E-state index is 0.224. The molecule has 4 aliphatic rings. The van der Waals surface area contributed by atoms with Crippen molar-refractivity contribution < 1.29 is 21.8 Å². The van der Waals surface area contributed by atoms with Crippen LogP contribution in [0.2, 0.25) is 0 Å². The van der Waals surface area contributed by atoms with E-state index >= 15 is 0 Å². The molecule has 4 bridgehead atoms. The maximum Gasteiger partial charge on any atom is 0.372 e. The number of rotatable bonds is 2. The van der Waals surface area contributed by atoms with Gasteiger partial charge in [-0.05, 0) is 68.6 Å². The molecule has 0 aliphatic heterocycles. The third kappa shape index (κ3) is 2.31. The van der Waals surface area contributed by atoms with Gasteiger partial charge in [0.2, 0.25) is 0 Å². The molecule has 4 aliphatic carbocycles. The number of hydrogen-bond acceptors (Lipinski definition) is 2. The van der Waals surface area contributed by atoms with Crippen LogP contribution in [-0.2, 0) is 10.1 Å². The van der Waals surface area contributed by atoms with Crippen LogP contribution in [0.5, 0.6) is 0 Å². The first kappa shape index (κ1) is 13.7. The molecule has 4 fully saturated rings. The van der Waals surface area contributed by atoms with Gasteiger partial charge in [-0.1, -0.05) is 0 Å². The summed E-state index contributed by atoms with van der Waals surface area (Å²) in [6.45, 7) is 0. The molecule has 3 nitrogen and oxygen atoms in total. The number of fused-ring (bicyclic) bond motifs is 2. The monoisotopic (exact) mass is 294 g/mol. The Balaban J connectivity index is 1.91. The van der Waals surface area contributed by atoms with Crippen LogP contribution in [0.3, 0.4) is 0 Å². The molecule has 110 valence electrons. The van der Waals surface area contributed by atoms with Crippen LogP contribution in [0.25, 0.3) is 0 Å². The third-order valence-corrected chi connectivity index (χ3v) is 6.49. The lowest BCUT2D eigenvalue weighted by Gasteiger charge is -2.48. The van der Waals surface area contributed by atoms with Gasteiger partial charge in [0.15, 0.2) is 0 Å². The average molecular weight is 294 g/mol. The van der Waals surface area contributed by atoms with Crippen LogP contribution in [0, 0.1) is 29.6 Å². The van der Waals surface area contributed by atoms with Gasteiger partial charge in [0.25, 0.3) is 0 Å². The van der Waals surface area contributed by atoms with E-state index in [1.165, 1.54) is 0 Å². The summed E-state index contributed by atoms with van der Waals surface area (Å²) < 4.78 is 58.9. The van der Waals surface area contributed by atoms with E-state index in [0.717, 1.165) is 19.3 Å². The van der Waals surface area contributed by atoms with E-state index in [0.29, 0.717) is 37.0 Å². The van der Waals surface area contributed by atoms with Gasteiger partial charge in [0, 0.05) is 5.92 Å². The molecule has 0 saturated heterocycles. The summed E-state index contributed by atoms with van der Waals surface area (Å²) in [6.07, 6.45) is 5.69. The molecule has 0 heterocycles. The first-order valence-corrected chi connectivity index (χ1v) is 8.56. The molecule has 0 radical (unpaired) electrons. The predicted molar refractivity (Wildman–Crippen MR) is 66.3 cm³/mol. The molecule has 1 N–H and O–H groups in total. The normalized spacial score (nSPS) is 43.0. The van der Waals surface area contributed by atoms with E-state index in [4.69, 9.17) is 4.55 Å². The standard InChI is InChI=1S/C13H20F2O3S/c14-13(15,19(16,17)18)12-2-1-8-3-9-5-10(4-8)7-11(12)6-9/h8-12H,1-7H2,(H,16,17,18). The fourth-order valence-corrected chi connectivity index (χ4v) is 5.58. The van der Waals surface area contributed by atoms with E-state index in [2.05, 4.69) is 0 Å². The minimum Gasteiger partial charge on any atom is -0.281 e. The molecule has 0 aromatic carbocycles. The summed E-state index contributed by atoms with van der Waals surface area (Å²) in [4.78, 5) is 0. The zero-order valence-electron chi connectivity index (χ0n) is 10.8. The van der Waals surface area contributed by atoms with Gasteiger partial charge in [-0.2, -0.15) is 17.2 Å². The molecule has 0 aromatic rings. The van der Waals surface area contributed by atoms with Gasteiger partial charge in [0.05, 0.1) is 0 Å². The third-order valence-electron chi connectivity index (χ3n) is 5.50. The predicted octanol–water partition coefficient (Wildman–Crippen LogP) is 3.32. The molecule has 3 unspecified atom stereocenters. The molecule has 3 atom stereocenters. The fraction of sp³-hybridized carbons (Fsp3) is 1.00. The van der Waals surface area contributed by atoms with Crippen LogP contribution in [0.15, 0.2) is 0 Å². The topological polar surface area (TPSA) is 54.4 Å². The maximum absolute atomic E-state index is 14.0. The molecule has 0 amide bonds. The highest BCUT2D eigenvalue weighted by atomic mass is 32.2. The fourth-order valence-electron chi connectivity index (χ4n) is 4.89. The second kappa shape index (κ2) is 4.38. The van der Waals surface area contributed by atoms with E-state index < -0.39 is 21.3 Å². The van der Waals surface area contributed by atoms with Crippen molar-refractivity contribution in [2.24, 2.45) is 29.6 Å². The average Bonchev–Trinajstić information content (AvgIpc) is 2.24. The lowest BCUT2D eigenvalue weighted by atomic mass is 9.58. The molecule has 4 rings (SSSR count). The molecular weight excluding hydrogens is 274 g/mol. The van der Waals surface area contributed by atoms with Crippen LogP contribution in [0.1, 0.15) is 44.9 Å². The largest absolute Gasteiger partial charge is 0.372 e. The van der Waals surface area contributed by atoms with Gasteiger partial charge < -0.3 is 0 Å². The lowest BCUT2D eigenvalue weighted by molar-refractivity contribution is -0.0619. The van der Waals surface area contributed by atoms with Crippen LogP contribution < -0.4 is 0 Å². The SMILES string of the molecule is O=S(=O)(O)C(F)(F)C1CCC2CC3CC(C2)CC1C3. The van der Waals surface area contributed by atoms with Gasteiger partial charge >= 0.3 is 15.4 Å². The lowest BCUT2D eigenvalue weighted by Crippen LogP contribution is -2.46. The van der Waals surface area contributed by atoms with Crippen molar-refractivity contribution >= 4 is 10.1 Å². The van der Waals surface area contributed by atoms with Crippen molar-refractivity contribution in [2.45, 2.75) is 50.2 Å². The highest BCUT2D eigenvalue weighted by molar-refractivity contribution is 7.86. The van der Waals surface area contributed by atoms with E-state index in [1.807, 2.05) is 0 Å². The maximum atomic E-state index is 14.0. The van der Waals surface area contributed by atoms with Crippen molar-refractivity contribution in [1.29, 1.82) is 0 Å². The summed E-state index contributed by atoms with van der Waals surface area (Å²) in [6, 6.07) is 0. The highest BCUT2D eigenvalue weighted by Crippen LogP contribution is 2.54. The Morgan fingerprint density at radius 1 is 0.895 bits per heavy atom. The molecule has 6 heteroatoms. The summed E-state index contributed by atoms with van der Waals surface area (Å²) in [5, 5.41) is -3.98. The number of alkyl halides is 2. The minimum atomic E-state index is -5.30.